The first kappa shape index (κ1) is 21.0. The summed E-state index contributed by atoms with van der Waals surface area (Å²) in [5.41, 5.74) is 9.88. The van der Waals surface area contributed by atoms with Crippen molar-refractivity contribution < 1.29 is 14.0 Å². The van der Waals surface area contributed by atoms with Crippen LogP contribution in [0.5, 0.6) is 0 Å². The van der Waals surface area contributed by atoms with Crippen LogP contribution in [0.25, 0.3) is 22.4 Å². The second-order valence-electron chi connectivity index (χ2n) is 7.05. The molecule has 0 aliphatic rings. The van der Waals surface area contributed by atoms with Crippen LogP contribution in [0.1, 0.15) is 26.4 Å². The predicted molar refractivity (Wildman–Crippen MR) is 128 cm³/mol. The Hall–Kier alpha value is -3.89. The molecular formula is C23H17N5O3S2. The van der Waals surface area contributed by atoms with Gasteiger partial charge >= 0.3 is 0 Å². The van der Waals surface area contributed by atoms with Crippen LogP contribution in [0.2, 0.25) is 0 Å². The first-order valence-electron chi connectivity index (χ1n) is 9.88. The number of carbonyl (C=O) groups excluding carboxylic acids is 2. The van der Waals surface area contributed by atoms with E-state index in [-0.39, 0.29) is 5.91 Å². The molecular weight excluding hydrogens is 458 g/mol. The Labute approximate surface area is 196 Å². The monoisotopic (exact) mass is 475 g/mol. The summed E-state index contributed by atoms with van der Waals surface area (Å²) in [5.74, 6) is -0.271. The quantitative estimate of drug-likeness (QED) is 0.287. The van der Waals surface area contributed by atoms with Gasteiger partial charge in [-0.15, -0.1) is 11.3 Å². The van der Waals surface area contributed by atoms with Gasteiger partial charge in [-0.25, -0.2) is 9.97 Å². The van der Waals surface area contributed by atoms with Crippen molar-refractivity contribution in [2.24, 2.45) is 5.73 Å². The lowest BCUT2D eigenvalue weighted by Gasteiger charge is -2.07. The molecule has 5 rings (SSSR count). The third-order valence-corrected chi connectivity index (χ3v) is 6.49. The van der Waals surface area contributed by atoms with E-state index >= 15 is 0 Å². The Balaban J connectivity index is 1.29. The number of nitrogens with one attached hydrogen (secondary N) is 2. The summed E-state index contributed by atoms with van der Waals surface area (Å²) in [5, 5.41) is 5.67. The Bertz CT molecular complexity index is 1440. The van der Waals surface area contributed by atoms with Gasteiger partial charge in [-0.3, -0.25) is 14.9 Å². The summed E-state index contributed by atoms with van der Waals surface area (Å²) < 4.78 is 5.76. The molecule has 0 fully saturated rings. The number of carbonyl (C=O) groups is 2. The van der Waals surface area contributed by atoms with Crippen molar-refractivity contribution in [1.82, 2.24) is 15.0 Å². The summed E-state index contributed by atoms with van der Waals surface area (Å²) in [6, 6.07) is 16.6. The number of hydrogen-bond acceptors (Lipinski definition) is 7. The summed E-state index contributed by atoms with van der Waals surface area (Å²) >= 11 is 2.73. The van der Waals surface area contributed by atoms with Gasteiger partial charge in [0.15, 0.2) is 10.7 Å². The molecule has 0 saturated carbocycles. The topological polar surface area (TPSA) is 127 Å². The molecule has 3 heterocycles. The molecule has 0 unspecified atom stereocenters. The Morgan fingerprint density at radius 1 is 1.12 bits per heavy atom. The fourth-order valence-corrected chi connectivity index (χ4v) is 4.79. The molecule has 4 N–H and O–H groups in total. The molecule has 0 atom stereocenters. The number of fused-ring (bicyclic) bond motifs is 1. The van der Waals surface area contributed by atoms with E-state index < -0.39 is 5.91 Å². The van der Waals surface area contributed by atoms with Gasteiger partial charge in [0, 0.05) is 28.5 Å². The number of aromatic nitrogens is 3. The fraction of sp³-hybridized carbons (Fsp3) is 0.0435. The molecule has 3 aromatic heterocycles. The van der Waals surface area contributed by atoms with Crippen molar-refractivity contribution in [2.75, 3.05) is 5.32 Å². The SMILES string of the molecule is NC(=O)c1cc(-c2csc(NC(=O)c3ccccc3CSc3nc4ccccc4o3)n2)c[nH]1. The molecule has 0 aliphatic carbocycles. The first-order chi connectivity index (χ1) is 16.1. The maximum atomic E-state index is 13.0. The lowest BCUT2D eigenvalue weighted by atomic mass is 10.1. The van der Waals surface area contributed by atoms with Gasteiger partial charge in [0.2, 0.25) is 0 Å². The van der Waals surface area contributed by atoms with E-state index in [9.17, 15) is 9.59 Å². The number of hydrogen-bond donors (Lipinski definition) is 3. The Morgan fingerprint density at radius 3 is 2.76 bits per heavy atom. The van der Waals surface area contributed by atoms with Gasteiger partial charge in [0.25, 0.3) is 17.0 Å². The van der Waals surface area contributed by atoms with Crippen molar-refractivity contribution in [2.45, 2.75) is 11.0 Å². The number of rotatable bonds is 7. The van der Waals surface area contributed by atoms with Gasteiger partial charge in [-0.05, 0) is 29.8 Å². The van der Waals surface area contributed by atoms with E-state index in [0.717, 1.165) is 22.2 Å². The highest BCUT2D eigenvalue weighted by atomic mass is 32.2. The lowest BCUT2D eigenvalue weighted by molar-refractivity contribution is 0.0994. The Morgan fingerprint density at radius 2 is 1.94 bits per heavy atom. The molecule has 5 aromatic rings. The maximum absolute atomic E-state index is 13.0. The molecule has 0 spiro atoms. The van der Waals surface area contributed by atoms with Crippen LogP contribution in [0.4, 0.5) is 5.13 Å². The zero-order valence-electron chi connectivity index (χ0n) is 17.1. The summed E-state index contributed by atoms with van der Waals surface area (Å²) in [7, 11) is 0. The van der Waals surface area contributed by atoms with Gasteiger partial charge in [0.1, 0.15) is 11.2 Å². The summed E-state index contributed by atoms with van der Waals surface area (Å²) in [6.45, 7) is 0. The second-order valence-corrected chi connectivity index (χ2v) is 8.84. The molecule has 164 valence electrons. The third-order valence-electron chi connectivity index (χ3n) is 4.86. The van der Waals surface area contributed by atoms with Crippen molar-refractivity contribution in [1.29, 1.82) is 0 Å². The number of aromatic amines is 1. The number of amides is 2. The van der Waals surface area contributed by atoms with Gasteiger partial charge in [0.05, 0.1) is 5.69 Å². The zero-order chi connectivity index (χ0) is 22.8. The molecule has 33 heavy (non-hydrogen) atoms. The lowest BCUT2D eigenvalue weighted by Crippen LogP contribution is -2.13. The smallest absolute Gasteiger partial charge is 0.265 e. The standard InChI is InChI=1S/C23H17N5O3S2/c24-20(29)17-9-14(10-25-17)18-12-32-22(26-18)28-21(30)15-6-2-1-5-13(15)11-33-23-27-16-7-3-4-8-19(16)31-23/h1-10,12,25H,11H2,(H2,24,29)(H,26,28,30). The number of thioether (sulfide) groups is 1. The summed E-state index contributed by atoms with van der Waals surface area (Å²) in [4.78, 5) is 36.0. The summed E-state index contributed by atoms with van der Waals surface area (Å²) in [6.07, 6.45) is 1.65. The van der Waals surface area contributed by atoms with E-state index in [2.05, 4.69) is 20.3 Å². The van der Waals surface area contributed by atoms with Crippen molar-refractivity contribution >= 4 is 51.1 Å². The number of nitrogens with zero attached hydrogens (tertiary/aromatic N) is 2. The molecule has 0 radical (unpaired) electrons. The average molecular weight is 476 g/mol. The number of benzene rings is 2. The predicted octanol–water partition coefficient (Wildman–Crippen LogP) is 4.92. The van der Waals surface area contributed by atoms with Gasteiger partial charge in [-0.1, -0.05) is 42.1 Å². The highest BCUT2D eigenvalue weighted by Gasteiger charge is 2.16. The van der Waals surface area contributed by atoms with E-state index in [1.54, 1.807) is 23.7 Å². The number of thiazole rings is 1. The van der Waals surface area contributed by atoms with Crippen molar-refractivity contribution in [3.05, 3.63) is 83.0 Å². The fourth-order valence-electron chi connectivity index (χ4n) is 3.23. The third kappa shape index (κ3) is 4.52. The maximum Gasteiger partial charge on any atom is 0.265 e. The number of para-hydroxylation sites is 2. The van der Waals surface area contributed by atoms with E-state index in [0.29, 0.717) is 33.1 Å². The number of H-pyrrole nitrogens is 1. The van der Waals surface area contributed by atoms with Gasteiger partial charge < -0.3 is 15.1 Å². The zero-order valence-corrected chi connectivity index (χ0v) is 18.7. The van der Waals surface area contributed by atoms with E-state index in [4.69, 9.17) is 10.2 Å². The highest BCUT2D eigenvalue weighted by molar-refractivity contribution is 7.98. The minimum atomic E-state index is -0.544. The van der Waals surface area contributed by atoms with Crippen LogP contribution >= 0.6 is 23.1 Å². The first-order valence-corrected chi connectivity index (χ1v) is 11.7. The van der Waals surface area contributed by atoms with Crippen LogP contribution in [-0.4, -0.2) is 26.8 Å². The molecule has 2 aromatic carbocycles. The molecule has 8 nitrogen and oxygen atoms in total. The number of nitrogens with two attached hydrogens (primary N) is 1. The number of oxazole rings is 1. The minimum Gasteiger partial charge on any atom is -0.431 e. The molecule has 10 heteroatoms. The van der Waals surface area contributed by atoms with Crippen LogP contribution < -0.4 is 11.1 Å². The van der Waals surface area contributed by atoms with Crippen molar-refractivity contribution in [3.8, 4) is 11.3 Å². The number of anilines is 1. The van der Waals surface area contributed by atoms with Crippen LogP contribution in [0.3, 0.4) is 0 Å². The molecule has 2 amide bonds. The average Bonchev–Trinajstić information content (AvgIpc) is 3.56. The van der Waals surface area contributed by atoms with E-state index in [1.165, 1.54) is 23.1 Å². The molecule has 0 saturated heterocycles. The number of primary amides is 1. The normalized spacial score (nSPS) is 11.0. The van der Waals surface area contributed by atoms with Gasteiger partial charge in [-0.2, -0.15) is 0 Å². The highest BCUT2D eigenvalue weighted by Crippen LogP contribution is 2.29. The molecule has 0 bridgehead atoms. The van der Waals surface area contributed by atoms with Crippen LogP contribution in [-0.2, 0) is 5.75 Å². The Kier molecular flexibility index (Phi) is 5.68. The van der Waals surface area contributed by atoms with Crippen LogP contribution in [0.15, 0.2) is 75.8 Å². The van der Waals surface area contributed by atoms with Crippen LogP contribution in [0, 0.1) is 0 Å². The largest absolute Gasteiger partial charge is 0.431 e. The molecule has 0 aliphatic heterocycles. The van der Waals surface area contributed by atoms with Crippen molar-refractivity contribution in [3.63, 3.8) is 0 Å². The minimum absolute atomic E-state index is 0.253. The second kappa shape index (κ2) is 8.93. The van der Waals surface area contributed by atoms with E-state index in [1.807, 2.05) is 42.5 Å².